The molecule has 0 aromatic heterocycles. The van der Waals surface area contributed by atoms with Crippen molar-refractivity contribution in [3.05, 3.63) is 12.8 Å². The van der Waals surface area contributed by atoms with Gasteiger partial charge >= 0.3 is 0 Å². The van der Waals surface area contributed by atoms with Crippen LogP contribution < -0.4 is 0 Å². The highest BCUT2D eigenvalue weighted by molar-refractivity contribution is 4.80. The van der Waals surface area contributed by atoms with Crippen molar-refractivity contribution < 1.29 is 0 Å². The molecule has 1 unspecified atom stereocenters. The maximum atomic E-state index is 2.47. The molecule has 0 aromatic rings. The van der Waals surface area contributed by atoms with Crippen molar-refractivity contribution in [3.8, 4) is 0 Å². The van der Waals surface area contributed by atoms with Crippen molar-refractivity contribution in [1.82, 2.24) is 0 Å². The average Bonchev–Trinajstić information content (AvgIpc) is 3.11. The molecule has 1 saturated carbocycles. The summed E-state index contributed by atoms with van der Waals surface area (Å²) >= 11 is 0. The highest BCUT2D eigenvalue weighted by atomic mass is 14.2. The van der Waals surface area contributed by atoms with Gasteiger partial charge in [-0.1, -0.05) is 124 Å². The molecular weight excluding hydrogens is 288 g/mol. The zero-order valence-corrected chi connectivity index (χ0v) is 17.5. The smallest absolute Gasteiger partial charge is 0.0383 e. The average molecular weight is 337 g/mol. The third-order valence-corrected chi connectivity index (χ3v) is 5.34. The van der Waals surface area contributed by atoms with Crippen LogP contribution in [0.1, 0.15) is 136 Å². The highest BCUT2D eigenvalue weighted by Crippen LogP contribution is 2.28. The summed E-state index contributed by atoms with van der Waals surface area (Å²) in [5.41, 5.74) is 0. The number of unbranched alkanes of at least 4 members (excludes halogenated alkanes) is 13. The van der Waals surface area contributed by atoms with Crippen molar-refractivity contribution in [1.29, 1.82) is 0 Å². The van der Waals surface area contributed by atoms with Crippen LogP contribution in [0.5, 0.6) is 0 Å². The monoisotopic (exact) mass is 336 g/mol. The summed E-state index contributed by atoms with van der Waals surface area (Å²) in [5.74, 6) is 1.06. The van der Waals surface area contributed by atoms with Gasteiger partial charge in [0.25, 0.3) is 0 Å². The van der Waals surface area contributed by atoms with Crippen LogP contribution >= 0.6 is 0 Å². The zero-order chi connectivity index (χ0) is 17.7. The summed E-state index contributed by atoms with van der Waals surface area (Å²) < 4.78 is 0. The molecule has 1 aliphatic carbocycles. The molecule has 0 aliphatic heterocycles. The van der Waals surface area contributed by atoms with E-state index in [-0.39, 0.29) is 0 Å². The molecule has 0 heterocycles. The second-order valence-corrected chi connectivity index (χ2v) is 7.84. The lowest BCUT2D eigenvalue weighted by atomic mass is 9.99. The summed E-state index contributed by atoms with van der Waals surface area (Å²) in [6.07, 6.45) is 30.6. The maximum Gasteiger partial charge on any atom is -0.0383 e. The van der Waals surface area contributed by atoms with Gasteiger partial charge in [0.2, 0.25) is 0 Å². The molecule has 1 aliphatic rings. The van der Waals surface area contributed by atoms with Gasteiger partial charge in [0.15, 0.2) is 0 Å². The Hall–Kier alpha value is 0. The van der Waals surface area contributed by atoms with Crippen LogP contribution in [0.4, 0.5) is 0 Å². The van der Waals surface area contributed by atoms with Crippen LogP contribution in [0.2, 0.25) is 0 Å². The van der Waals surface area contributed by atoms with Crippen LogP contribution in [-0.2, 0) is 0 Å². The van der Waals surface area contributed by atoms with Gasteiger partial charge in [-0.15, -0.1) is 0 Å². The van der Waals surface area contributed by atoms with Crippen LogP contribution in [0.3, 0.4) is 0 Å². The van der Waals surface area contributed by atoms with Gasteiger partial charge in [-0.2, -0.15) is 0 Å². The van der Waals surface area contributed by atoms with Gasteiger partial charge in [0.05, 0.1) is 0 Å². The lowest BCUT2D eigenvalue weighted by molar-refractivity contribution is 0.468. The van der Waals surface area contributed by atoms with Crippen molar-refractivity contribution in [3.63, 3.8) is 0 Å². The van der Waals surface area contributed by atoms with Gasteiger partial charge in [0, 0.05) is 0 Å². The number of hydrogen-bond donors (Lipinski definition) is 0. The Morgan fingerprint density at radius 2 is 1.29 bits per heavy atom. The molecule has 0 spiro atoms. The van der Waals surface area contributed by atoms with E-state index >= 15 is 0 Å². The minimum atomic E-state index is 1.06. The second kappa shape index (κ2) is 21.0. The Labute approximate surface area is 155 Å². The second-order valence-electron chi connectivity index (χ2n) is 7.84. The summed E-state index contributed by atoms with van der Waals surface area (Å²) in [6, 6.07) is 0. The molecule has 0 bridgehead atoms. The van der Waals surface area contributed by atoms with Gasteiger partial charge in [0.1, 0.15) is 0 Å². The minimum absolute atomic E-state index is 1.06. The molecule has 1 atom stereocenters. The fraction of sp³-hybridized carbons (Fsp3) is 0.917. The molecule has 1 rings (SSSR count). The fourth-order valence-corrected chi connectivity index (χ4v) is 3.61. The third kappa shape index (κ3) is 18.3. The first kappa shape index (κ1) is 24.0. The number of hydrogen-bond acceptors (Lipinski definition) is 0. The lowest BCUT2D eigenvalue weighted by Crippen LogP contribution is -1.92. The first-order valence-electron chi connectivity index (χ1n) is 11.4. The summed E-state index contributed by atoms with van der Waals surface area (Å²) in [7, 11) is 0. The lowest BCUT2D eigenvalue weighted by Gasteiger charge is -2.07. The Kier molecular flexibility index (Phi) is 21.0. The topological polar surface area (TPSA) is 0 Å². The van der Waals surface area contributed by atoms with E-state index in [0.717, 1.165) is 5.92 Å². The Balaban J connectivity index is 0.000000441. The Morgan fingerprint density at radius 3 is 1.79 bits per heavy atom. The molecule has 0 N–H and O–H groups in total. The predicted octanol–water partition coefficient (Wildman–Crippen LogP) is 9.09. The largest absolute Gasteiger partial charge is 0.0654 e. The van der Waals surface area contributed by atoms with Crippen LogP contribution in [0.15, 0.2) is 0 Å². The molecular formula is C24H48. The van der Waals surface area contributed by atoms with Gasteiger partial charge in [-0.05, 0) is 31.6 Å². The van der Waals surface area contributed by atoms with E-state index in [0.29, 0.717) is 0 Å². The molecule has 0 heteroatoms. The molecule has 2 radical (unpaired) electrons. The Bertz CT molecular complexity index is 192. The first-order valence-corrected chi connectivity index (χ1v) is 11.4. The SMILES string of the molecule is CCCCCCCC1C[CH]CC1.C[CH]CCCCCCCCCC. The van der Waals surface area contributed by atoms with E-state index in [2.05, 4.69) is 33.6 Å². The fourth-order valence-electron chi connectivity index (χ4n) is 3.61. The van der Waals surface area contributed by atoms with Gasteiger partial charge in [-0.3, -0.25) is 0 Å². The van der Waals surface area contributed by atoms with Gasteiger partial charge < -0.3 is 0 Å². The van der Waals surface area contributed by atoms with E-state index in [4.69, 9.17) is 0 Å². The van der Waals surface area contributed by atoms with E-state index in [9.17, 15) is 0 Å². The van der Waals surface area contributed by atoms with Crippen LogP contribution in [0.25, 0.3) is 0 Å². The molecule has 144 valence electrons. The van der Waals surface area contributed by atoms with Crippen molar-refractivity contribution in [2.45, 2.75) is 136 Å². The molecule has 24 heavy (non-hydrogen) atoms. The van der Waals surface area contributed by atoms with Crippen molar-refractivity contribution >= 4 is 0 Å². The molecule has 0 aromatic carbocycles. The zero-order valence-electron chi connectivity index (χ0n) is 17.5. The standard InChI is InChI=1S/C12H23.C12H25/c1-2-3-4-5-6-9-12-10-7-8-11-12;1-3-5-7-9-11-12-10-8-6-4-2/h7,12H,2-6,8-11H2,1H3;3H,4-12H2,1-2H3. The molecule has 0 nitrogen and oxygen atoms in total. The normalized spacial score (nSPS) is 14.6. The third-order valence-electron chi connectivity index (χ3n) is 5.34. The predicted molar refractivity (Wildman–Crippen MR) is 112 cm³/mol. The minimum Gasteiger partial charge on any atom is -0.0654 e. The highest BCUT2D eigenvalue weighted by Gasteiger charge is 2.13. The van der Waals surface area contributed by atoms with Crippen LogP contribution in [0, 0.1) is 18.8 Å². The summed E-state index contributed by atoms with van der Waals surface area (Å²) in [4.78, 5) is 0. The van der Waals surface area contributed by atoms with E-state index in [1.807, 2.05) is 0 Å². The quantitative estimate of drug-likeness (QED) is 0.261. The summed E-state index contributed by atoms with van der Waals surface area (Å²) in [6.45, 7) is 6.71. The van der Waals surface area contributed by atoms with Crippen molar-refractivity contribution in [2.75, 3.05) is 0 Å². The molecule has 0 saturated heterocycles. The van der Waals surface area contributed by atoms with E-state index in [1.54, 1.807) is 0 Å². The van der Waals surface area contributed by atoms with Gasteiger partial charge in [-0.25, -0.2) is 0 Å². The maximum absolute atomic E-state index is 2.47. The Morgan fingerprint density at radius 1 is 0.750 bits per heavy atom. The number of rotatable bonds is 15. The van der Waals surface area contributed by atoms with Crippen molar-refractivity contribution in [2.24, 2.45) is 5.92 Å². The van der Waals surface area contributed by atoms with Crippen LogP contribution in [-0.4, -0.2) is 0 Å². The van der Waals surface area contributed by atoms with E-state index < -0.39 is 0 Å². The molecule has 1 fully saturated rings. The first-order chi connectivity index (χ1) is 11.8. The summed E-state index contributed by atoms with van der Waals surface area (Å²) in [5, 5.41) is 0. The molecule has 0 amide bonds. The van der Waals surface area contributed by atoms with E-state index in [1.165, 1.54) is 116 Å².